The fraction of sp³-hybridized carbons (Fsp3) is 0.367. The van der Waals surface area contributed by atoms with Crippen LogP contribution in [0.5, 0.6) is 0 Å². The standard InChI is InChI=1S/C30H30N6O4S/c1-3-26(37)35-11-10-30(16-35)13-20(14-30)36-22-7-6-19(34(2)28(39)18-4-5-18)12-21(22)32-29(36)33-27(38)25-9-8-24(41-25)23-15-31-17-40-23/h3,6-9,12,15,17-18,20H,1,4-5,10-11,13-14,16H2,2H3,(H,32,33,38). The zero-order chi connectivity index (χ0) is 28.3. The second-order valence-electron chi connectivity index (χ2n) is 11.4. The predicted octanol–water partition coefficient (Wildman–Crippen LogP) is 5.12. The molecule has 2 saturated carbocycles. The zero-order valence-corrected chi connectivity index (χ0v) is 23.5. The molecular weight excluding hydrogens is 540 g/mol. The summed E-state index contributed by atoms with van der Waals surface area (Å²) in [6.07, 6.45) is 8.98. The number of likely N-dealkylation sites (tertiary alicyclic amines) is 1. The number of hydrogen-bond donors (Lipinski definition) is 1. The smallest absolute Gasteiger partial charge is 0.268 e. The van der Waals surface area contributed by atoms with E-state index >= 15 is 0 Å². The number of oxazole rings is 1. The maximum Gasteiger partial charge on any atom is 0.268 e. The van der Waals surface area contributed by atoms with Crippen molar-refractivity contribution >= 4 is 51.7 Å². The molecule has 3 amide bonds. The minimum absolute atomic E-state index is 0.0237. The van der Waals surface area contributed by atoms with Crippen LogP contribution in [-0.2, 0) is 9.59 Å². The Morgan fingerprint density at radius 2 is 2.05 bits per heavy atom. The van der Waals surface area contributed by atoms with Crippen molar-refractivity contribution in [3.8, 4) is 10.6 Å². The van der Waals surface area contributed by atoms with Crippen molar-refractivity contribution in [2.24, 2.45) is 11.3 Å². The Morgan fingerprint density at radius 1 is 1.22 bits per heavy atom. The lowest BCUT2D eigenvalue weighted by Crippen LogP contribution is -2.42. The highest BCUT2D eigenvalue weighted by atomic mass is 32.1. The normalized spacial score (nSPS) is 21.7. The highest BCUT2D eigenvalue weighted by Gasteiger charge is 2.50. The van der Waals surface area contributed by atoms with Gasteiger partial charge in [-0.25, -0.2) is 9.97 Å². The topological polar surface area (TPSA) is 114 Å². The number of benzene rings is 1. The van der Waals surface area contributed by atoms with Gasteiger partial charge in [-0.2, -0.15) is 0 Å². The number of hydrogen-bond acceptors (Lipinski definition) is 7. The van der Waals surface area contributed by atoms with Crippen molar-refractivity contribution in [1.82, 2.24) is 19.4 Å². The van der Waals surface area contributed by atoms with Crippen LogP contribution in [0.1, 0.15) is 47.8 Å². The molecule has 1 spiro atoms. The summed E-state index contributed by atoms with van der Waals surface area (Å²) in [5, 5.41) is 3.06. The third-order valence-electron chi connectivity index (χ3n) is 8.67. The molecule has 3 aliphatic rings. The Kier molecular flexibility index (Phi) is 6.07. The Hall–Kier alpha value is -4.25. The van der Waals surface area contributed by atoms with Crippen molar-refractivity contribution in [3.63, 3.8) is 0 Å². The van der Waals surface area contributed by atoms with Crippen molar-refractivity contribution in [2.45, 2.75) is 38.1 Å². The lowest BCUT2D eigenvalue weighted by Gasteiger charge is -2.46. The van der Waals surface area contributed by atoms with E-state index in [1.165, 1.54) is 23.8 Å². The average Bonchev–Trinajstić information content (AvgIpc) is 3.38. The molecule has 1 aromatic carbocycles. The van der Waals surface area contributed by atoms with Gasteiger partial charge in [0.2, 0.25) is 17.8 Å². The second kappa shape index (κ2) is 9.69. The van der Waals surface area contributed by atoms with Gasteiger partial charge in [0.05, 0.1) is 27.0 Å². The number of fused-ring (bicyclic) bond motifs is 1. The van der Waals surface area contributed by atoms with Crippen molar-refractivity contribution in [1.29, 1.82) is 0 Å². The van der Waals surface area contributed by atoms with Gasteiger partial charge >= 0.3 is 0 Å². The number of rotatable bonds is 7. The van der Waals surface area contributed by atoms with Gasteiger partial charge in [0.25, 0.3) is 5.91 Å². The number of imidazole rings is 1. The van der Waals surface area contributed by atoms with Crippen molar-refractivity contribution in [2.75, 3.05) is 30.4 Å². The third kappa shape index (κ3) is 4.54. The van der Waals surface area contributed by atoms with E-state index in [1.54, 1.807) is 24.2 Å². The molecule has 0 unspecified atom stereocenters. The van der Waals surface area contributed by atoms with Crippen LogP contribution in [0.2, 0.25) is 0 Å². The summed E-state index contributed by atoms with van der Waals surface area (Å²) in [7, 11) is 1.80. The molecule has 2 aliphatic carbocycles. The number of carbonyl (C=O) groups is 3. The molecule has 1 saturated heterocycles. The molecule has 0 bridgehead atoms. The first-order valence-corrected chi connectivity index (χ1v) is 14.7. The Balaban J connectivity index is 1.19. The summed E-state index contributed by atoms with van der Waals surface area (Å²) in [6.45, 7) is 5.10. The van der Waals surface area contributed by atoms with Gasteiger partial charge in [-0.1, -0.05) is 6.58 Å². The summed E-state index contributed by atoms with van der Waals surface area (Å²) in [4.78, 5) is 52.1. The summed E-state index contributed by atoms with van der Waals surface area (Å²) in [5.74, 6) is 1.05. The predicted molar refractivity (Wildman–Crippen MR) is 156 cm³/mol. The number of nitrogens with one attached hydrogen (secondary N) is 1. The monoisotopic (exact) mass is 570 g/mol. The van der Waals surface area contributed by atoms with Gasteiger partial charge in [-0.05, 0) is 73.9 Å². The summed E-state index contributed by atoms with van der Waals surface area (Å²) in [6, 6.07) is 9.59. The van der Waals surface area contributed by atoms with Gasteiger partial charge in [0, 0.05) is 37.8 Å². The van der Waals surface area contributed by atoms with E-state index in [-0.39, 0.29) is 35.1 Å². The minimum atomic E-state index is -0.253. The molecule has 1 aliphatic heterocycles. The average molecular weight is 571 g/mol. The number of carbonyl (C=O) groups excluding carboxylic acids is 3. The molecule has 7 rings (SSSR count). The molecule has 4 aromatic rings. The van der Waals surface area contributed by atoms with E-state index in [4.69, 9.17) is 9.40 Å². The Labute approximate surface area is 240 Å². The molecule has 41 heavy (non-hydrogen) atoms. The van der Waals surface area contributed by atoms with E-state index in [1.807, 2.05) is 29.2 Å². The number of nitrogens with zero attached hydrogens (tertiary/aromatic N) is 5. The molecule has 3 aromatic heterocycles. The van der Waals surface area contributed by atoms with E-state index in [0.29, 0.717) is 16.6 Å². The van der Waals surface area contributed by atoms with Crippen LogP contribution < -0.4 is 10.2 Å². The van der Waals surface area contributed by atoms with Gasteiger partial charge in [0.15, 0.2) is 12.2 Å². The lowest BCUT2D eigenvalue weighted by atomic mass is 9.65. The molecule has 4 heterocycles. The second-order valence-corrected chi connectivity index (χ2v) is 12.5. The van der Waals surface area contributed by atoms with Crippen LogP contribution >= 0.6 is 11.3 Å². The SMILES string of the molecule is C=CC(=O)N1CCC2(CC(n3c(NC(=O)c4ccc(-c5cnco5)s4)nc4cc(N(C)C(=O)C5CC5)ccc43)C2)C1. The van der Waals surface area contributed by atoms with Crippen LogP contribution in [0, 0.1) is 11.3 Å². The summed E-state index contributed by atoms with van der Waals surface area (Å²) < 4.78 is 7.50. The van der Waals surface area contributed by atoms with Gasteiger partial charge in [-0.15, -0.1) is 11.3 Å². The third-order valence-corrected chi connectivity index (χ3v) is 9.77. The number of anilines is 2. The van der Waals surface area contributed by atoms with Crippen LogP contribution in [-0.4, -0.2) is 57.3 Å². The maximum absolute atomic E-state index is 13.4. The van der Waals surface area contributed by atoms with Gasteiger partial charge in [-0.3, -0.25) is 19.7 Å². The fourth-order valence-electron chi connectivity index (χ4n) is 6.29. The van der Waals surface area contributed by atoms with Crippen LogP contribution in [0.4, 0.5) is 11.6 Å². The highest BCUT2D eigenvalue weighted by molar-refractivity contribution is 7.17. The first-order valence-electron chi connectivity index (χ1n) is 13.9. The lowest BCUT2D eigenvalue weighted by molar-refractivity contribution is -0.125. The van der Waals surface area contributed by atoms with Crippen LogP contribution in [0.15, 0.2) is 60.0 Å². The highest BCUT2D eigenvalue weighted by Crippen LogP contribution is 2.55. The van der Waals surface area contributed by atoms with Crippen LogP contribution in [0.25, 0.3) is 21.7 Å². The maximum atomic E-state index is 13.4. The summed E-state index contributed by atoms with van der Waals surface area (Å²) in [5.41, 5.74) is 2.48. The van der Waals surface area contributed by atoms with E-state index in [9.17, 15) is 14.4 Å². The first kappa shape index (κ1) is 25.7. The molecular formula is C30H30N6O4S. The van der Waals surface area contributed by atoms with Crippen LogP contribution in [0.3, 0.4) is 0 Å². The van der Waals surface area contributed by atoms with E-state index < -0.39 is 0 Å². The van der Waals surface area contributed by atoms with Crippen molar-refractivity contribution < 1.29 is 18.8 Å². The van der Waals surface area contributed by atoms with Crippen molar-refractivity contribution in [3.05, 3.63) is 60.5 Å². The van der Waals surface area contributed by atoms with Gasteiger partial charge < -0.3 is 18.8 Å². The number of aromatic nitrogens is 3. The Morgan fingerprint density at radius 3 is 2.78 bits per heavy atom. The van der Waals surface area contributed by atoms with E-state index in [2.05, 4.69) is 21.4 Å². The van der Waals surface area contributed by atoms with E-state index in [0.717, 1.165) is 66.8 Å². The quantitative estimate of drug-likeness (QED) is 0.309. The molecule has 1 N–H and O–H groups in total. The summed E-state index contributed by atoms with van der Waals surface area (Å²) >= 11 is 1.32. The molecule has 11 heteroatoms. The molecule has 0 radical (unpaired) electrons. The first-order chi connectivity index (χ1) is 19.8. The number of amides is 3. The molecule has 210 valence electrons. The number of thiophene rings is 1. The zero-order valence-electron chi connectivity index (χ0n) is 22.7. The molecule has 10 nitrogen and oxygen atoms in total. The van der Waals surface area contributed by atoms with Gasteiger partial charge in [0.1, 0.15) is 0 Å². The largest absolute Gasteiger partial charge is 0.443 e. The Bertz CT molecular complexity index is 1680. The molecule has 0 atom stereocenters. The molecule has 3 fully saturated rings. The minimum Gasteiger partial charge on any atom is -0.443 e. The fourth-order valence-corrected chi connectivity index (χ4v) is 7.14.